The van der Waals surface area contributed by atoms with Crippen molar-refractivity contribution in [2.24, 2.45) is 4.99 Å². The van der Waals surface area contributed by atoms with Crippen molar-refractivity contribution in [3.8, 4) is 0 Å². The number of aliphatic imine (C=N–C) groups is 1. The summed E-state index contributed by atoms with van der Waals surface area (Å²) in [5.74, 6) is 0.301. The molecule has 1 aliphatic carbocycles. The minimum Gasteiger partial charge on any atom is -0.352 e. The highest BCUT2D eigenvalue weighted by Gasteiger charge is 2.27. The second-order valence-electron chi connectivity index (χ2n) is 6.45. The van der Waals surface area contributed by atoms with Crippen LogP contribution in [0.5, 0.6) is 0 Å². The van der Waals surface area contributed by atoms with Crippen LogP contribution in [0.4, 0.5) is 4.39 Å². The summed E-state index contributed by atoms with van der Waals surface area (Å²) < 4.78 is 40.2. The van der Waals surface area contributed by atoms with Crippen molar-refractivity contribution in [2.45, 2.75) is 36.9 Å². The predicted molar refractivity (Wildman–Crippen MR) is 119 cm³/mol. The number of benzene rings is 2. The third-order valence-electron chi connectivity index (χ3n) is 4.17. The van der Waals surface area contributed by atoms with E-state index in [0.29, 0.717) is 19.0 Å². The summed E-state index contributed by atoms with van der Waals surface area (Å²) in [4.78, 5) is 4.40. The van der Waals surface area contributed by atoms with Gasteiger partial charge in [0.2, 0.25) is 10.0 Å². The number of nitrogens with zero attached hydrogens (tertiary/aromatic N) is 1. The van der Waals surface area contributed by atoms with Gasteiger partial charge in [0.1, 0.15) is 5.82 Å². The van der Waals surface area contributed by atoms with Gasteiger partial charge in [0.25, 0.3) is 0 Å². The van der Waals surface area contributed by atoms with Gasteiger partial charge < -0.3 is 10.6 Å². The summed E-state index contributed by atoms with van der Waals surface area (Å²) in [6, 6.07) is 13.2. The molecule has 3 rings (SSSR count). The summed E-state index contributed by atoms with van der Waals surface area (Å²) in [7, 11) is -1.78. The minimum absolute atomic E-state index is 0. The summed E-state index contributed by atoms with van der Waals surface area (Å²) in [5.41, 5.74) is 1.74. The number of sulfonamides is 1. The van der Waals surface area contributed by atoms with Gasteiger partial charge in [0, 0.05) is 26.2 Å². The fourth-order valence-electron chi connectivity index (χ4n) is 2.51. The largest absolute Gasteiger partial charge is 0.352 e. The maximum atomic E-state index is 13.2. The highest BCUT2D eigenvalue weighted by Crippen LogP contribution is 2.22. The lowest BCUT2D eigenvalue weighted by Gasteiger charge is -2.12. The highest BCUT2D eigenvalue weighted by atomic mass is 127. The monoisotopic (exact) mass is 518 g/mol. The van der Waals surface area contributed by atoms with E-state index in [-0.39, 0.29) is 40.7 Å². The molecule has 0 spiro atoms. The van der Waals surface area contributed by atoms with Gasteiger partial charge in [-0.3, -0.25) is 4.99 Å². The van der Waals surface area contributed by atoms with Crippen LogP contribution in [0.2, 0.25) is 0 Å². The van der Waals surface area contributed by atoms with E-state index < -0.39 is 10.0 Å². The fourth-order valence-corrected chi connectivity index (χ4v) is 3.82. The Morgan fingerprint density at radius 2 is 1.71 bits per heavy atom. The Morgan fingerprint density at radius 3 is 2.29 bits per heavy atom. The molecule has 0 radical (unpaired) electrons. The maximum absolute atomic E-state index is 13.2. The number of halogens is 2. The standard InChI is InChI=1S/C19H23FN4O2S.HI/c1-21-19(23-13-15-3-2-4-16(20)11-15)22-12-14-5-9-18(10-6-14)27(25,26)24-17-7-8-17;/h2-6,9-11,17,24H,7-8,12-13H2,1H3,(H2,21,22,23);1H. The molecule has 1 saturated carbocycles. The molecule has 9 heteroatoms. The summed E-state index contributed by atoms with van der Waals surface area (Å²) >= 11 is 0. The topological polar surface area (TPSA) is 82.6 Å². The molecule has 0 atom stereocenters. The first kappa shape index (κ1) is 22.6. The Balaban J connectivity index is 0.00000280. The van der Waals surface area contributed by atoms with E-state index in [2.05, 4.69) is 20.3 Å². The quantitative estimate of drug-likeness (QED) is 0.299. The van der Waals surface area contributed by atoms with Gasteiger partial charge in [-0.1, -0.05) is 24.3 Å². The highest BCUT2D eigenvalue weighted by molar-refractivity contribution is 14.0. The molecule has 0 aliphatic heterocycles. The lowest BCUT2D eigenvalue weighted by molar-refractivity contribution is 0.581. The summed E-state index contributed by atoms with van der Waals surface area (Å²) in [5, 5.41) is 6.26. The molecule has 0 saturated heterocycles. The van der Waals surface area contributed by atoms with Gasteiger partial charge in [0.05, 0.1) is 4.90 Å². The zero-order valence-corrected chi connectivity index (χ0v) is 18.6. The van der Waals surface area contributed by atoms with Crippen molar-refractivity contribution in [3.05, 3.63) is 65.5 Å². The average molecular weight is 518 g/mol. The second kappa shape index (κ2) is 10.2. The van der Waals surface area contributed by atoms with E-state index in [4.69, 9.17) is 0 Å². The van der Waals surface area contributed by atoms with Crippen LogP contribution in [0.25, 0.3) is 0 Å². The SMILES string of the molecule is CN=C(NCc1ccc(S(=O)(=O)NC2CC2)cc1)NCc1cccc(F)c1.I. The molecular formula is C19H24FIN4O2S. The number of hydrogen-bond acceptors (Lipinski definition) is 3. The molecule has 1 aliphatic rings. The third-order valence-corrected chi connectivity index (χ3v) is 5.70. The van der Waals surface area contributed by atoms with E-state index in [1.165, 1.54) is 12.1 Å². The van der Waals surface area contributed by atoms with Crippen LogP contribution < -0.4 is 15.4 Å². The lowest BCUT2D eigenvalue weighted by atomic mass is 10.2. The van der Waals surface area contributed by atoms with E-state index in [9.17, 15) is 12.8 Å². The average Bonchev–Trinajstić information content (AvgIpc) is 3.45. The maximum Gasteiger partial charge on any atom is 0.240 e. The molecule has 6 nitrogen and oxygen atoms in total. The summed E-state index contributed by atoms with van der Waals surface area (Å²) in [6.07, 6.45) is 1.81. The predicted octanol–water partition coefficient (Wildman–Crippen LogP) is 2.75. The fraction of sp³-hybridized carbons (Fsp3) is 0.316. The summed E-state index contributed by atoms with van der Waals surface area (Å²) in [6.45, 7) is 0.931. The van der Waals surface area contributed by atoms with Crippen LogP contribution in [0.3, 0.4) is 0 Å². The zero-order valence-electron chi connectivity index (χ0n) is 15.5. The Morgan fingerprint density at radius 1 is 1.07 bits per heavy atom. The minimum atomic E-state index is -3.43. The first-order chi connectivity index (χ1) is 13.0. The Kier molecular flexibility index (Phi) is 8.20. The molecule has 2 aromatic rings. The number of hydrogen-bond donors (Lipinski definition) is 3. The molecular weight excluding hydrogens is 494 g/mol. The van der Waals surface area contributed by atoms with Gasteiger partial charge >= 0.3 is 0 Å². The number of rotatable bonds is 7. The molecule has 28 heavy (non-hydrogen) atoms. The first-order valence-corrected chi connectivity index (χ1v) is 10.2. The van der Waals surface area contributed by atoms with Crippen LogP contribution in [0.1, 0.15) is 24.0 Å². The van der Waals surface area contributed by atoms with E-state index in [1.54, 1.807) is 37.4 Å². The molecule has 0 heterocycles. The van der Waals surface area contributed by atoms with Gasteiger partial charge in [-0.05, 0) is 48.2 Å². The first-order valence-electron chi connectivity index (χ1n) is 8.76. The van der Waals surface area contributed by atoms with Crippen molar-refractivity contribution < 1.29 is 12.8 Å². The van der Waals surface area contributed by atoms with Gasteiger partial charge in [-0.2, -0.15) is 0 Å². The Hall–Kier alpha value is -1.72. The molecule has 1 fully saturated rings. The molecule has 0 aromatic heterocycles. The van der Waals surface area contributed by atoms with E-state index >= 15 is 0 Å². The van der Waals surface area contributed by atoms with Crippen LogP contribution >= 0.6 is 24.0 Å². The molecule has 0 unspecified atom stereocenters. The van der Waals surface area contributed by atoms with Gasteiger partial charge in [0.15, 0.2) is 5.96 Å². The molecule has 152 valence electrons. The Labute approximate surface area is 182 Å². The van der Waals surface area contributed by atoms with E-state index in [0.717, 1.165) is 24.0 Å². The smallest absolute Gasteiger partial charge is 0.240 e. The van der Waals surface area contributed by atoms with Crippen LogP contribution in [-0.4, -0.2) is 27.5 Å². The van der Waals surface area contributed by atoms with Gasteiger partial charge in [-0.25, -0.2) is 17.5 Å². The van der Waals surface area contributed by atoms with Crippen molar-refractivity contribution >= 4 is 40.0 Å². The number of nitrogens with one attached hydrogen (secondary N) is 3. The third kappa shape index (κ3) is 6.71. The van der Waals surface area contributed by atoms with Gasteiger partial charge in [-0.15, -0.1) is 24.0 Å². The van der Waals surface area contributed by atoms with Crippen molar-refractivity contribution in [1.82, 2.24) is 15.4 Å². The van der Waals surface area contributed by atoms with Crippen LogP contribution in [0.15, 0.2) is 58.4 Å². The Bertz CT molecular complexity index is 916. The van der Waals surface area contributed by atoms with Crippen molar-refractivity contribution in [3.63, 3.8) is 0 Å². The van der Waals surface area contributed by atoms with Crippen molar-refractivity contribution in [1.29, 1.82) is 0 Å². The molecule has 0 amide bonds. The van der Waals surface area contributed by atoms with Crippen molar-refractivity contribution in [2.75, 3.05) is 7.05 Å². The normalized spacial score (nSPS) is 14.3. The molecule has 2 aromatic carbocycles. The van der Waals surface area contributed by atoms with E-state index in [1.807, 2.05) is 6.07 Å². The molecule has 3 N–H and O–H groups in total. The zero-order chi connectivity index (χ0) is 19.3. The van der Waals surface area contributed by atoms with Crippen LogP contribution in [-0.2, 0) is 23.1 Å². The molecule has 0 bridgehead atoms. The van der Waals surface area contributed by atoms with Crippen LogP contribution in [0, 0.1) is 5.82 Å². The second-order valence-corrected chi connectivity index (χ2v) is 8.16. The lowest BCUT2D eigenvalue weighted by Crippen LogP contribution is -2.36. The number of guanidine groups is 1.